The summed E-state index contributed by atoms with van der Waals surface area (Å²) in [6, 6.07) is 8.21. The number of anilines is 1. The molecular formula is C18H19BrN4O3. The van der Waals surface area contributed by atoms with Crippen LogP contribution in [0.4, 0.5) is 5.82 Å². The summed E-state index contributed by atoms with van der Waals surface area (Å²) >= 11 is 3.32. The van der Waals surface area contributed by atoms with Crippen molar-refractivity contribution in [2.45, 2.75) is 26.1 Å². The number of rotatable bonds is 4. The molecular weight excluding hydrogens is 400 g/mol. The molecule has 1 aromatic heterocycles. The third-order valence-electron chi connectivity index (χ3n) is 3.88. The molecule has 1 unspecified atom stereocenters. The second-order valence-corrected chi connectivity index (χ2v) is 7.26. The van der Waals surface area contributed by atoms with Crippen molar-refractivity contribution >= 4 is 33.6 Å². The lowest BCUT2D eigenvalue weighted by Gasteiger charge is -2.37. The van der Waals surface area contributed by atoms with E-state index in [-0.39, 0.29) is 30.2 Å². The Morgan fingerprint density at radius 2 is 2.19 bits per heavy atom. The van der Waals surface area contributed by atoms with Crippen molar-refractivity contribution in [3.8, 4) is 5.75 Å². The van der Waals surface area contributed by atoms with Crippen LogP contribution in [0.1, 0.15) is 35.9 Å². The molecule has 0 bridgehead atoms. The largest absolute Gasteiger partial charge is 0.508 e. The van der Waals surface area contributed by atoms with Gasteiger partial charge in [-0.3, -0.25) is 9.59 Å². The molecule has 0 fully saturated rings. The minimum absolute atomic E-state index is 0.0299. The van der Waals surface area contributed by atoms with Gasteiger partial charge < -0.3 is 20.6 Å². The van der Waals surface area contributed by atoms with Gasteiger partial charge in [0.15, 0.2) is 0 Å². The number of amides is 2. The Labute approximate surface area is 159 Å². The van der Waals surface area contributed by atoms with E-state index in [1.807, 2.05) is 13.8 Å². The smallest absolute Gasteiger partial charge is 0.260 e. The number of hydrogen-bond acceptors (Lipinski definition) is 5. The van der Waals surface area contributed by atoms with Crippen LogP contribution < -0.4 is 10.6 Å². The number of phenolic OH excluding ortho intramolecular Hbond substituents is 1. The molecule has 1 aliphatic heterocycles. The second kappa shape index (κ2) is 7.33. The van der Waals surface area contributed by atoms with E-state index < -0.39 is 6.17 Å². The van der Waals surface area contributed by atoms with Crippen LogP contribution in [0.5, 0.6) is 5.75 Å². The zero-order valence-electron chi connectivity index (χ0n) is 14.4. The zero-order valence-corrected chi connectivity index (χ0v) is 15.9. The van der Waals surface area contributed by atoms with Crippen molar-refractivity contribution in [1.29, 1.82) is 0 Å². The Bertz CT molecular complexity index is 856. The third kappa shape index (κ3) is 3.80. The van der Waals surface area contributed by atoms with Gasteiger partial charge in [0.25, 0.3) is 5.91 Å². The standard InChI is InChI=1S/C18H19BrN4O3/c1-10(2)21-15(25)9-23-17(11-4-3-5-13(24)6-11)22-16-14(18(23)26)7-12(19)8-20-16/h3-8,10,17,24H,9H2,1-2H3,(H,20,22)(H,21,25). The van der Waals surface area contributed by atoms with Gasteiger partial charge in [-0.1, -0.05) is 12.1 Å². The van der Waals surface area contributed by atoms with Crippen LogP contribution >= 0.6 is 15.9 Å². The normalized spacial score (nSPS) is 16.2. The maximum atomic E-state index is 13.0. The van der Waals surface area contributed by atoms with Crippen molar-refractivity contribution in [3.05, 3.63) is 52.1 Å². The van der Waals surface area contributed by atoms with Gasteiger partial charge >= 0.3 is 0 Å². The van der Waals surface area contributed by atoms with Crippen LogP contribution in [-0.2, 0) is 4.79 Å². The molecule has 0 radical (unpaired) electrons. The highest BCUT2D eigenvalue weighted by Gasteiger charge is 2.35. The Morgan fingerprint density at radius 1 is 1.42 bits per heavy atom. The number of hydrogen-bond donors (Lipinski definition) is 3. The highest BCUT2D eigenvalue weighted by molar-refractivity contribution is 9.10. The first-order chi connectivity index (χ1) is 12.3. The summed E-state index contributed by atoms with van der Waals surface area (Å²) in [5.74, 6) is -0.0449. The van der Waals surface area contributed by atoms with E-state index in [9.17, 15) is 14.7 Å². The van der Waals surface area contributed by atoms with E-state index in [0.29, 0.717) is 21.4 Å². The number of halogens is 1. The van der Waals surface area contributed by atoms with Crippen LogP contribution in [0.15, 0.2) is 41.0 Å². The first-order valence-electron chi connectivity index (χ1n) is 8.16. The number of phenols is 1. The fourth-order valence-electron chi connectivity index (χ4n) is 2.84. The number of carbonyl (C=O) groups is 2. The lowest BCUT2D eigenvalue weighted by molar-refractivity contribution is -0.122. The predicted octanol–water partition coefficient (Wildman–Crippen LogP) is 2.64. The number of benzene rings is 1. The van der Waals surface area contributed by atoms with E-state index >= 15 is 0 Å². The molecule has 1 aromatic carbocycles. The number of aromatic nitrogens is 1. The van der Waals surface area contributed by atoms with E-state index in [1.54, 1.807) is 36.5 Å². The average molecular weight is 419 g/mol. The van der Waals surface area contributed by atoms with Crippen molar-refractivity contribution < 1.29 is 14.7 Å². The molecule has 2 aromatic rings. The summed E-state index contributed by atoms with van der Waals surface area (Å²) in [7, 11) is 0. The van der Waals surface area contributed by atoms with Crippen LogP contribution in [0.2, 0.25) is 0 Å². The van der Waals surface area contributed by atoms with Crippen LogP contribution in [0, 0.1) is 0 Å². The van der Waals surface area contributed by atoms with Gasteiger partial charge in [-0.25, -0.2) is 4.98 Å². The molecule has 1 atom stereocenters. The quantitative estimate of drug-likeness (QED) is 0.709. The fourth-order valence-corrected chi connectivity index (χ4v) is 3.17. The first kappa shape index (κ1) is 18.2. The van der Waals surface area contributed by atoms with Gasteiger partial charge in [0.05, 0.1) is 5.56 Å². The van der Waals surface area contributed by atoms with Gasteiger partial charge in [0.1, 0.15) is 24.3 Å². The van der Waals surface area contributed by atoms with E-state index in [0.717, 1.165) is 0 Å². The first-order valence-corrected chi connectivity index (χ1v) is 8.96. The minimum atomic E-state index is -0.617. The Hall–Kier alpha value is -2.61. The Morgan fingerprint density at radius 3 is 2.88 bits per heavy atom. The number of carbonyl (C=O) groups excluding carboxylic acids is 2. The molecule has 26 heavy (non-hydrogen) atoms. The summed E-state index contributed by atoms with van der Waals surface area (Å²) in [5.41, 5.74) is 1.04. The van der Waals surface area contributed by atoms with E-state index in [2.05, 4.69) is 31.5 Å². The van der Waals surface area contributed by atoms with Gasteiger partial charge in [-0.2, -0.15) is 0 Å². The minimum Gasteiger partial charge on any atom is -0.508 e. The molecule has 3 rings (SSSR count). The zero-order chi connectivity index (χ0) is 18.8. The summed E-state index contributed by atoms with van der Waals surface area (Å²) < 4.78 is 0.675. The summed E-state index contributed by atoms with van der Waals surface area (Å²) in [4.78, 5) is 31.0. The van der Waals surface area contributed by atoms with Gasteiger partial charge in [-0.05, 0) is 53.5 Å². The summed E-state index contributed by atoms with van der Waals surface area (Å²) in [6.45, 7) is 3.60. The lowest BCUT2D eigenvalue weighted by atomic mass is 10.1. The molecule has 1 aliphatic rings. The van der Waals surface area contributed by atoms with Crippen LogP contribution in [0.25, 0.3) is 0 Å². The topological polar surface area (TPSA) is 94.6 Å². The second-order valence-electron chi connectivity index (χ2n) is 6.35. The molecule has 0 saturated heterocycles. The molecule has 8 heteroatoms. The molecule has 0 spiro atoms. The van der Waals surface area contributed by atoms with Crippen molar-refractivity contribution in [1.82, 2.24) is 15.2 Å². The van der Waals surface area contributed by atoms with Gasteiger partial charge in [-0.15, -0.1) is 0 Å². The summed E-state index contributed by atoms with van der Waals surface area (Å²) in [5, 5.41) is 15.8. The summed E-state index contributed by atoms with van der Waals surface area (Å²) in [6.07, 6.45) is 0.980. The molecule has 7 nitrogen and oxygen atoms in total. The SMILES string of the molecule is CC(C)NC(=O)CN1C(=O)c2cc(Br)cnc2NC1c1cccc(O)c1. The number of aromatic hydroxyl groups is 1. The maximum absolute atomic E-state index is 13.0. The van der Waals surface area contributed by atoms with Crippen molar-refractivity contribution in [2.75, 3.05) is 11.9 Å². The van der Waals surface area contributed by atoms with Crippen molar-refractivity contribution in [2.24, 2.45) is 0 Å². The Balaban J connectivity index is 2.00. The number of nitrogens with one attached hydrogen (secondary N) is 2. The number of pyridine rings is 1. The number of nitrogens with zero attached hydrogens (tertiary/aromatic N) is 2. The molecule has 3 N–H and O–H groups in total. The molecule has 2 amide bonds. The highest BCUT2D eigenvalue weighted by atomic mass is 79.9. The van der Waals surface area contributed by atoms with E-state index in [1.165, 1.54) is 4.90 Å². The lowest BCUT2D eigenvalue weighted by Crippen LogP contribution is -2.48. The van der Waals surface area contributed by atoms with Gasteiger partial charge in [0.2, 0.25) is 5.91 Å². The third-order valence-corrected chi connectivity index (χ3v) is 4.31. The number of fused-ring (bicyclic) bond motifs is 1. The average Bonchev–Trinajstić information content (AvgIpc) is 2.57. The van der Waals surface area contributed by atoms with Crippen molar-refractivity contribution in [3.63, 3.8) is 0 Å². The Kier molecular flexibility index (Phi) is 5.13. The van der Waals surface area contributed by atoms with Crippen LogP contribution in [0.3, 0.4) is 0 Å². The maximum Gasteiger partial charge on any atom is 0.260 e. The molecule has 0 saturated carbocycles. The molecule has 2 heterocycles. The molecule has 136 valence electrons. The van der Waals surface area contributed by atoms with E-state index in [4.69, 9.17) is 0 Å². The predicted molar refractivity (Wildman–Crippen MR) is 101 cm³/mol. The van der Waals surface area contributed by atoms with Crippen LogP contribution in [-0.4, -0.2) is 39.4 Å². The monoisotopic (exact) mass is 418 g/mol. The fraction of sp³-hybridized carbons (Fsp3) is 0.278. The van der Waals surface area contributed by atoms with Gasteiger partial charge in [0, 0.05) is 16.7 Å². The molecule has 0 aliphatic carbocycles. The highest BCUT2D eigenvalue weighted by Crippen LogP contribution is 2.33.